The molecular formula is C18H27NO3. The van der Waals surface area contributed by atoms with E-state index in [-0.39, 0.29) is 5.56 Å². The Morgan fingerprint density at radius 2 is 1.91 bits per heavy atom. The van der Waals surface area contributed by atoms with Crippen LogP contribution < -0.4 is 14.7 Å². The summed E-state index contributed by atoms with van der Waals surface area (Å²) >= 11 is 0. The first-order valence-corrected chi connectivity index (χ1v) is 8.49. The van der Waals surface area contributed by atoms with Gasteiger partial charge in [-0.2, -0.15) is 0 Å². The summed E-state index contributed by atoms with van der Waals surface area (Å²) in [4.78, 5) is 12.4. The monoisotopic (exact) mass is 305 g/mol. The molecule has 0 saturated heterocycles. The molecule has 0 heterocycles. The second-order valence-electron chi connectivity index (χ2n) is 6.11. The number of hydrogen-bond donors (Lipinski definition) is 1. The second kappa shape index (κ2) is 8.79. The highest BCUT2D eigenvalue weighted by atomic mass is 16.5. The molecule has 1 aliphatic rings. The Morgan fingerprint density at radius 1 is 1.23 bits per heavy atom. The maximum absolute atomic E-state index is 10.7. The smallest absolute Gasteiger partial charge is 0.119 e. The molecule has 22 heavy (non-hydrogen) atoms. The largest absolute Gasteiger partial charge is 0.545 e. The van der Waals surface area contributed by atoms with E-state index >= 15 is 0 Å². The number of carboxylic acids is 1. The maximum atomic E-state index is 10.7. The van der Waals surface area contributed by atoms with E-state index in [4.69, 9.17) is 4.74 Å². The first kappa shape index (κ1) is 16.8. The Labute approximate surface area is 133 Å². The van der Waals surface area contributed by atoms with E-state index in [1.807, 2.05) is 0 Å². The van der Waals surface area contributed by atoms with Gasteiger partial charge in [0.1, 0.15) is 5.75 Å². The van der Waals surface area contributed by atoms with Gasteiger partial charge in [0.2, 0.25) is 0 Å². The summed E-state index contributed by atoms with van der Waals surface area (Å²) in [5.74, 6) is -0.429. The molecule has 0 aromatic heterocycles. The molecule has 2 rings (SSSR count). The highest BCUT2D eigenvalue weighted by molar-refractivity contribution is 5.85. The van der Waals surface area contributed by atoms with Crippen LogP contribution >= 0.6 is 0 Å². The standard InChI is InChI=1S/C18H27NO3/c1-2-19(16-7-4-3-5-8-16)13-6-14-22-17-11-9-15(10-12-17)18(20)21/h9-12,16H,2-8,13-14H2,1H3,(H,20,21). The molecule has 1 N–H and O–H groups in total. The Morgan fingerprint density at radius 3 is 2.50 bits per heavy atom. The van der Waals surface area contributed by atoms with Crippen LogP contribution in [0, 0.1) is 0 Å². The highest BCUT2D eigenvalue weighted by Crippen LogP contribution is 2.15. The van der Waals surface area contributed by atoms with E-state index < -0.39 is 5.97 Å². The van der Waals surface area contributed by atoms with Crippen molar-refractivity contribution in [2.75, 3.05) is 19.7 Å². The van der Waals surface area contributed by atoms with Gasteiger partial charge in [-0.05, 0) is 62.4 Å². The molecule has 4 heteroatoms. The third-order valence-corrected chi connectivity index (χ3v) is 4.64. The third-order valence-electron chi connectivity index (χ3n) is 4.64. The van der Waals surface area contributed by atoms with E-state index in [1.54, 1.807) is 17.0 Å². The summed E-state index contributed by atoms with van der Waals surface area (Å²) in [6.07, 6.45) is 7.94. The zero-order valence-electron chi connectivity index (χ0n) is 13.5. The van der Waals surface area contributed by atoms with Crippen LogP contribution in [0.15, 0.2) is 24.3 Å². The number of hydrogen-bond acceptors (Lipinski definition) is 3. The fourth-order valence-electron chi connectivity index (χ4n) is 3.36. The minimum absolute atomic E-state index is 0.186. The first-order valence-electron chi connectivity index (χ1n) is 8.49. The van der Waals surface area contributed by atoms with Crippen molar-refractivity contribution in [3.63, 3.8) is 0 Å². The lowest BCUT2D eigenvalue weighted by molar-refractivity contribution is -0.925. The van der Waals surface area contributed by atoms with Gasteiger partial charge in [0.15, 0.2) is 0 Å². The van der Waals surface area contributed by atoms with Gasteiger partial charge >= 0.3 is 0 Å². The molecule has 1 fully saturated rings. The van der Waals surface area contributed by atoms with Gasteiger partial charge in [-0.3, -0.25) is 0 Å². The van der Waals surface area contributed by atoms with Gasteiger partial charge in [-0.1, -0.05) is 6.42 Å². The van der Waals surface area contributed by atoms with Crippen molar-refractivity contribution in [1.82, 2.24) is 0 Å². The van der Waals surface area contributed by atoms with Gasteiger partial charge in [-0.15, -0.1) is 0 Å². The number of carbonyl (C=O) groups is 1. The van der Waals surface area contributed by atoms with Crippen molar-refractivity contribution in [3.05, 3.63) is 29.8 Å². The molecule has 1 aliphatic carbocycles. The predicted octanol–water partition coefficient (Wildman–Crippen LogP) is 1.06. The van der Waals surface area contributed by atoms with Crippen molar-refractivity contribution in [3.8, 4) is 5.75 Å². The van der Waals surface area contributed by atoms with Crippen molar-refractivity contribution in [2.24, 2.45) is 0 Å². The highest BCUT2D eigenvalue weighted by Gasteiger charge is 2.22. The lowest BCUT2D eigenvalue weighted by Crippen LogP contribution is -3.15. The van der Waals surface area contributed by atoms with Crippen LogP contribution in [0.25, 0.3) is 0 Å². The summed E-state index contributed by atoms with van der Waals surface area (Å²) in [6.45, 7) is 5.29. The molecule has 1 aromatic carbocycles. The fourth-order valence-corrected chi connectivity index (χ4v) is 3.36. The summed E-state index contributed by atoms with van der Waals surface area (Å²) in [6, 6.07) is 7.26. The van der Waals surface area contributed by atoms with E-state index in [9.17, 15) is 9.90 Å². The molecule has 1 unspecified atom stereocenters. The number of quaternary nitrogens is 1. The van der Waals surface area contributed by atoms with Crippen molar-refractivity contribution >= 4 is 5.97 Å². The minimum atomic E-state index is -1.15. The average Bonchev–Trinajstić information content (AvgIpc) is 2.56. The van der Waals surface area contributed by atoms with Crippen molar-refractivity contribution < 1.29 is 19.5 Å². The quantitative estimate of drug-likeness (QED) is 0.731. The summed E-state index contributed by atoms with van der Waals surface area (Å²) in [7, 11) is 0. The van der Waals surface area contributed by atoms with Gasteiger partial charge in [-0.25, -0.2) is 0 Å². The number of carbonyl (C=O) groups excluding carboxylic acids is 1. The third kappa shape index (κ3) is 5.02. The zero-order chi connectivity index (χ0) is 15.8. The number of nitrogens with one attached hydrogen (secondary N) is 1. The van der Waals surface area contributed by atoms with Crippen LogP contribution in [0.3, 0.4) is 0 Å². The molecular weight excluding hydrogens is 278 g/mol. The van der Waals surface area contributed by atoms with E-state index in [2.05, 4.69) is 6.92 Å². The lowest BCUT2D eigenvalue weighted by atomic mass is 9.94. The van der Waals surface area contributed by atoms with Crippen LogP contribution in [-0.2, 0) is 0 Å². The van der Waals surface area contributed by atoms with Crippen molar-refractivity contribution in [1.29, 1.82) is 0 Å². The average molecular weight is 305 g/mol. The summed E-state index contributed by atoms with van der Waals surface area (Å²) in [5.41, 5.74) is 0.186. The lowest BCUT2D eigenvalue weighted by Gasteiger charge is -2.30. The van der Waals surface area contributed by atoms with Gasteiger partial charge < -0.3 is 19.5 Å². The normalized spacial score (nSPS) is 17.1. The molecule has 122 valence electrons. The fraction of sp³-hybridized carbons (Fsp3) is 0.611. The number of benzene rings is 1. The van der Waals surface area contributed by atoms with E-state index in [0.29, 0.717) is 6.61 Å². The Hall–Kier alpha value is -1.55. The zero-order valence-corrected chi connectivity index (χ0v) is 13.5. The summed E-state index contributed by atoms with van der Waals surface area (Å²) in [5, 5.41) is 10.7. The Kier molecular flexibility index (Phi) is 6.72. The Bertz CT molecular complexity index is 452. The Balaban J connectivity index is 1.70. The molecule has 0 spiro atoms. The van der Waals surface area contributed by atoms with Crippen LogP contribution in [-0.4, -0.2) is 31.7 Å². The molecule has 1 atom stereocenters. The van der Waals surface area contributed by atoms with Crippen molar-refractivity contribution in [2.45, 2.75) is 51.5 Å². The number of rotatable bonds is 8. The molecule has 0 aliphatic heterocycles. The van der Waals surface area contributed by atoms with E-state index in [1.165, 1.54) is 50.8 Å². The van der Waals surface area contributed by atoms with E-state index in [0.717, 1.165) is 24.8 Å². The first-order chi connectivity index (χ1) is 10.7. The molecule has 0 bridgehead atoms. The van der Waals surface area contributed by atoms with Gasteiger partial charge in [0.05, 0.1) is 31.7 Å². The van der Waals surface area contributed by atoms with Crippen LogP contribution in [0.2, 0.25) is 0 Å². The predicted molar refractivity (Wildman–Crippen MR) is 84.1 cm³/mol. The topological polar surface area (TPSA) is 53.8 Å². The van der Waals surface area contributed by atoms with Crippen LogP contribution in [0.4, 0.5) is 0 Å². The SMILES string of the molecule is CC[NH+](CCCOc1ccc(C(=O)[O-])cc1)C1CCCCC1. The molecule has 1 saturated carbocycles. The minimum Gasteiger partial charge on any atom is -0.545 e. The number of carboxylic acid groups (broad SMARTS) is 1. The maximum Gasteiger partial charge on any atom is 0.119 e. The number of ether oxygens (including phenoxy) is 1. The van der Waals surface area contributed by atoms with Gasteiger partial charge in [0, 0.05) is 6.42 Å². The second-order valence-corrected chi connectivity index (χ2v) is 6.11. The molecule has 0 radical (unpaired) electrons. The molecule has 1 aromatic rings. The molecule has 4 nitrogen and oxygen atoms in total. The van der Waals surface area contributed by atoms with Gasteiger partial charge in [0.25, 0.3) is 0 Å². The van der Waals surface area contributed by atoms with Crippen LogP contribution in [0.5, 0.6) is 5.75 Å². The van der Waals surface area contributed by atoms with Crippen LogP contribution in [0.1, 0.15) is 55.8 Å². The summed E-state index contributed by atoms with van der Waals surface area (Å²) < 4.78 is 5.70. The number of aromatic carboxylic acids is 1. The molecule has 0 amide bonds.